The van der Waals surface area contributed by atoms with Gasteiger partial charge in [0.1, 0.15) is 5.75 Å². The lowest BCUT2D eigenvalue weighted by Crippen LogP contribution is -2.11. The van der Waals surface area contributed by atoms with Crippen LogP contribution in [0.15, 0.2) is 40.2 Å². The van der Waals surface area contributed by atoms with Crippen molar-refractivity contribution in [1.29, 1.82) is 0 Å². The Labute approximate surface area is 122 Å². The van der Waals surface area contributed by atoms with Crippen LogP contribution in [-0.2, 0) is 13.1 Å². The zero-order valence-corrected chi connectivity index (χ0v) is 12.3. The summed E-state index contributed by atoms with van der Waals surface area (Å²) in [7, 11) is 0. The Morgan fingerprint density at radius 3 is 2.42 bits per heavy atom. The summed E-state index contributed by atoms with van der Waals surface area (Å²) >= 11 is 5.10. The first-order valence-corrected chi connectivity index (χ1v) is 7.23. The molecule has 2 nitrogen and oxygen atoms in total. The number of benzene rings is 1. The van der Waals surface area contributed by atoms with Crippen LogP contribution >= 0.6 is 27.3 Å². The van der Waals surface area contributed by atoms with Gasteiger partial charge in [0.15, 0.2) is 0 Å². The summed E-state index contributed by atoms with van der Waals surface area (Å²) < 4.78 is 29.3. The van der Waals surface area contributed by atoms with Gasteiger partial charge in [0.05, 0.1) is 3.79 Å². The highest BCUT2D eigenvalue weighted by atomic mass is 79.9. The summed E-state index contributed by atoms with van der Waals surface area (Å²) in [4.78, 5) is 1.24. The zero-order valence-electron chi connectivity index (χ0n) is 9.91. The van der Waals surface area contributed by atoms with Crippen LogP contribution in [0.4, 0.5) is 8.78 Å². The SMILES string of the molecule is FC(F)Oc1ccc(CNCc2ccc(Br)s2)cc1. The van der Waals surface area contributed by atoms with Crippen LogP contribution in [0, 0.1) is 0 Å². The third-order valence-corrected chi connectivity index (χ3v) is 4.03. The Morgan fingerprint density at radius 2 is 1.84 bits per heavy atom. The third-order valence-electron chi connectivity index (χ3n) is 2.41. The highest BCUT2D eigenvalue weighted by Gasteiger charge is 2.03. The Morgan fingerprint density at radius 1 is 1.11 bits per heavy atom. The van der Waals surface area contributed by atoms with Crippen molar-refractivity contribution in [3.05, 3.63) is 50.6 Å². The van der Waals surface area contributed by atoms with Crippen molar-refractivity contribution in [3.8, 4) is 5.75 Å². The average Bonchev–Trinajstić information content (AvgIpc) is 2.77. The van der Waals surface area contributed by atoms with Gasteiger partial charge >= 0.3 is 6.61 Å². The van der Waals surface area contributed by atoms with Gasteiger partial charge in [-0.1, -0.05) is 12.1 Å². The van der Waals surface area contributed by atoms with E-state index in [0.717, 1.165) is 15.9 Å². The smallest absolute Gasteiger partial charge is 0.387 e. The van der Waals surface area contributed by atoms with Crippen molar-refractivity contribution in [1.82, 2.24) is 5.32 Å². The fraction of sp³-hybridized carbons (Fsp3) is 0.231. The lowest BCUT2D eigenvalue weighted by molar-refractivity contribution is -0.0498. The first kappa shape index (κ1) is 14.4. The Balaban J connectivity index is 1.79. The number of thiophene rings is 1. The Kier molecular flexibility index (Phi) is 5.30. The lowest BCUT2D eigenvalue weighted by Gasteiger charge is -2.06. The molecule has 1 heterocycles. The molecule has 1 aromatic heterocycles. The summed E-state index contributed by atoms with van der Waals surface area (Å²) in [5.41, 5.74) is 1.03. The second-order valence-corrected chi connectivity index (χ2v) is 6.38. The van der Waals surface area contributed by atoms with Crippen molar-refractivity contribution >= 4 is 27.3 Å². The summed E-state index contributed by atoms with van der Waals surface area (Å²) in [6.07, 6.45) is 0. The number of hydrogen-bond donors (Lipinski definition) is 1. The number of rotatable bonds is 6. The molecule has 0 atom stereocenters. The van der Waals surface area contributed by atoms with Gasteiger partial charge in [-0.15, -0.1) is 11.3 Å². The van der Waals surface area contributed by atoms with E-state index in [0.29, 0.717) is 6.54 Å². The van der Waals surface area contributed by atoms with Gasteiger partial charge in [0.25, 0.3) is 0 Å². The van der Waals surface area contributed by atoms with Gasteiger partial charge in [-0.25, -0.2) is 0 Å². The van der Waals surface area contributed by atoms with Crippen molar-refractivity contribution < 1.29 is 13.5 Å². The standard InChI is InChI=1S/C13H12BrF2NOS/c14-12-6-5-11(19-12)8-17-7-9-1-3-10(4-2-9)18-13(15)16/h1-6,13,17H,7-8H2. The van der Waals surface area contributed by atoms with Crippen LogP contribution in [0.3, 0.4) is 0 Å². The molecule has 0 aliphatic rings. The largest absolute Gasteiger partial charge is 0.435 e. The van der Waals surface area contributed by atoms with E-state index in [1.165, 1.54) is 4.88 Å². The molecule has 2 rings (SSSR count). The Bertz CT molecular complexity index is 516. The van der Waals surface area contributed by atoms with Crippen molar-refractivity contribution in [2.75, 3.05) is 0 Å². The maximum absolute atomic E-state index is 12.0. The van der Waals surface area contributed by atoms with E-state index in [2.05, 4.69) is 32.0 Å². The number of nitrogens with one attached hydrogen (secondary N) is 1. The van der Waals surface area contributed by atoms with Crippen LogP contribution in [0.5, 0.6) is 5.75 Å². The summed E-state index contributed by atoms with van der Waals surface area (Å²) in [6, 6.07) is 10.7. The number of hydrogen-bond acceptors (Lipinski definition) is 3. The molecule has 19 heavy (non-hydrogen) atoms. The molecule has 0 aliphatic carbocycles. The average molecular weight is 348 g/mol. The predicted octanol–water partition coefficient (Wildman–Crippen LogP) is 4.40. The van der Waals surface area contributed by atoms with Crippen molar-refractivity contribution in [2.24, 2.45) is 0 Å². The monoisotopic (exact) mass is 347 g/mol. The molecule has 0 radical (unpaired) electrons. The fourth-order valence-corrected chi connectivity index (χ4v) is 3.02. The van der Waals surface area contributed by atoms with E-state index < -0.39 is 6.61 Å². The van der Waals surface area contributed by atoms with Gasteiger partial charge in [0, 0.05) is 18.0 Å². The fourth-order valence-electron chi connectivity index (χ4n) is 1.57. The van der Waals surface area contributed by atoms with E-state index in [1.807, 2.05) is 6.07 Å². The molecule has 1 aromatic carbocycles. The second-order valence-electron chi connectivity index (χ2n) is 3.83. The summed E-state index contributed by atoms with van der Waals surface area (Å²) in [5.74, 6) is 0.181. The van der Waals surface area contributed by atoms with Gasteiger partial charge in [-0.3, -0.25) is 0 Å². The molecule has 0 saturated carbocycles. The number of halogens is 3. The van der Waals surface area contributed by atoms with Crippen LogP contribution < -0.4 is 10.1 Å². The minimum atomic E-state index is -2.78. The molecule has 1 N–H and O–H groups in total. The van der Waals surface area contributed by atoms with Gasteiger partial charge in [-0.2, -0.15) is 8.78 Å². The molecule has 0 bridgehead atoms. The van der Waals surface area contributed by atoms with E-state index in [1.54, 1.807) is 35.6 Å². The van der Waals surface area contributed by atoms with Gasteiger partial charge in [0.2, 0.25) is 0 Å². The topological polar surface area (TPSA) is 21.3 Å². The van der Waals surface area contributed by atoms with Gasteiger partial charge in [-0.05, 0) is 45.8 Å². The predicted molar refractivity (Wildman–Crippen MR) is 75.6 cm³/mol. The highest BCUT2D eigenvalue weighted by molar-refractivity contribution is 9.11. The molecule has 102 valence electrons. The zero-order chi connectivity index (χ0) is 13.7. The van der Waals surface area contributed by atoms with Crippen LogP contribution in [0.1, 0.15) is 10.4 Å². The molecule has 2 aromatic rings. The lowest BCUT2D eigenvalue weighted by atomic mass is 10.2. The van der Waals surface area contributed by atoms with Crippen LogP contribution in [-0.4, -0.2) is 6.61 Å². The molecule has 0 spiro atoms. The third kappa shape index (κ3) is 4.89. The van der Waals surface area contributed by atoms with Gasteiger partial charge < -0.3 is 10.1 Å². The molecule has 0 aliphatic heterocycles. The summed E-state index contributed by atoms with van der Waals surface area (Å²) in [6.45, 7) is -1.31. The summed E-state index contributed by atoms with van der Waals surface area (Å²) in [5, 5.41) is 3.29. The molecular weight excluding hydrogens is 336 g/mol. The first-order chi connectivity index (χ1) is 9.13. The van der Waals surface area contributed by atoms with E-state index in [-0.39, 0.29) is 5.75 Å². The normalized spacial score (nSPS) is 10.9. The number of ether oxygens (including phenoxy) is 1. The molecule has 0 fully saturated rings. The maximum atomic E-state index is 12.0. The molecule has 0 amide bonds. The molecule has 0 saturated heterocycles. The first-order valence-electron chi connectivity index (χ1n) is 5.62. The highest BCUT2D eigenvalue weighted by Crippen LogP contribution is 2.22. The Hall–Kier alpha value is -0.980. The minimum absolute atomic E-state index is 0.181. The maximum Gasteiger partial charge on any atom is 0.387 e. The second kappa shape index (κ2) is 6.98. The molecular formula is C13H12BrF2NOS. The van der Waals surface area contributed by atoms with Crippen LogP contribution in [0.25, 0.3) is 0 Å². The van der Waals surface area contributed by atoms with Crippen molar-refractivity contribution in [3.63, 3.8) is 0 Å². The quantitative estimate of drug-likeness (QED) is 0.835. The molecule has 0 unspecified atom stereocenters. The van der Waals surface area contributed by atoms with Crippen LogP contribution in [0.2, 0.25) is 0 Å². The number of alkyl halides is 2. The van der Waals surface area contributed by atoms with E-state index in [4.69, 9.17) is 0 Å². The van der Waals surface area contributed by atoms with Crippen molar-refractivity contribution in [2.45, 2.75) is 19.7 Å². The van der Waals surface area contributed by atoms with E-state index >= 15 is 0 Å². The molecule has 6 heteroatoms. The van der Waals surface area contributed by atoms with E-state index in [9.17, 15) is 8.78 Å². The minimum Gasteiger partial charge on any atom is -0.435 e.